The summed E-state index contributed by atoms with van der Waals surface area (Å²) < 4.78 is 0. The third-order valence-corrected chi connectivity index (χ3v) is 2.97. The first-order valence-electron chi connectivity index (χ1n) is 6.74. The number of allylic oxidation sites excluding steroid dienone is 3. The molecule has 1 heterocycles. The van der Waals surface area contributed by atoms with Crippen LogP contribution in [0.2, 0.25) is 0 Å². The molecule has 0 saturated carbocycles. The van der Waals surface area contributed by atoms with E-state index in [4.69, 9.17) is 0 Å². The van der Waals surface area contributed by atoms with Crippen LogP contribution in [0, 0.1) is 0 Å². The molecular formula is C18H18N2O. The van der Waals surface area contributed by atoms with E-state index in [1.807, 2.05) is 38.4 Å². The van der Waals surface area contributed by atoms with Gasteiger partial charge in [-0.15, -0.1) is 0 Å². The zero-order chi connectivity index (χ0) is 15.1. The summed E-state index contributed by atoms with van der Waals surface area (Å²) in [6.07, 6.45) is 8.68. The maximum atomic E-state index is 11.8. The number of hydrogen-bond donors (Lipinski definition) is 0. The lowest BCUT2D eigenvalue weighted by molar-refractivity contribution is 0.104. The summed E-state index contributed by atoms with van der Waals surface area (Å²) in [5.74, 6) is -0.0943. The van der Waals surface area contributed by atoms with Crippen molar-refractivity contribution in [2.75, 3.05) is 19.0 Å². The molecule has 0 saturated heterocycles. The van der Waals surface area contributed by atoms with Crippen LogP contribution in [0.1, 0.15) is 16.1 Å². The predicted molar refractivity (Wildman–Crippen MR) is 87.5 cm³/mol. The van der Waals surface area contributed by atoms with E-state index in [1.165, 1.54) is 6.08 Å². The molecule has 0 aliphatic rings. The quantitative estimate of drug-likeness (QED) is 0.476. The topological polar surface area (TPSA) is 33.2 Å². The molecule has 0 amide bonds. The molecule has 0 bridgehead atoms. The van der Waals surface area contributed by atoms with E-state index in [1.54, 1.807) is 30.5 Å². The highest BCUT2D eigenvalue weighted by atomic mass is 16.1. The zero-order valence-corrected chi connectivity index (χ0v) is 12.2. The number of benzene rings is 1. The number of hydrogen-bond acceptors (Lipinski definition) is 3. The van der Waals surface area contributed by atoms with Crippen LogP contribution in [0.5, 0.6) is 0 Å². The first kappa shape index (κ1) is 14.7. The number of aromatic nitrogens is 1. The Hall–Kier alpha value is -2.68. The fraction of sp³-hybridized carbons (Fsp3) is 0.111. The van der Waals surface area contributed by atoms with Crippen molar-refractivity contribution in [2.24, 2.45) is 0 Å². The summed E-state index contributed by atoms with van der Waals surface area (Å²) in [6.45, 7) is 0. The lowest BCUT2D eigenvalue weighted by Crippen LogP contribution is -2.07. The van der Waals surface area contributed by atoms with E-state index < -0.39 is 0 Å². The van der Waals surface area contributed by atoms with Crippen LogP contribution in [-0.2, 0) is 0 Å². The van der Waals surface area contributed by atoms with E-state index in [-0.39, 0.29) is 5.78 Å². The third kappa shape index (κ3) is 4.42. The fourth-order valence-corrected chi connectivity index (χ4v) is 1.79. The average Bonchev–Trinajstić information content (AvgIpc) is 2.52. The number of rotatable bonds is 5. The minimum absolute atomic E-state index is 0.0943. The molecular weight excluding hydrogens is 260 g/mol. The largest absolute Gasteiger partial charge is 0.378 e. The fourth-order valence-electron chi connectivity index (χ4n) is 1.79. The van der Waals surface area contributed by atoms with Gasteiger partial charge in [-0.05, 0) is 35.9 Å². The molecule has 1 aromatic heterocycles. The van der Waals surface area contributed by atoms with Crippen LogP contribution in [0.4, 0.5) is 5.69 Å². The summed E-state index contributed by atoms with van der Waals surface area (Å²) >= 11 is 0. The molecule has 0 atom stereocenters. The van der Waals surface area contributed by atoms with Crippen molar-refractivity contribution in [2.45, 2.75) is 0 Å². The minimum atomic E-state index is -0.0943. The second-order valence-corrected chi connectivity index (χ2v) is 4.78. The molecule has 1 aromatic carbocycles. The van der Waals surface area contributed by atoms with Crippen molar-refractivity contribution in [3.8, 4) is 0 Å². The molecule has 0 unspecified atom stereocenters. The minimum Gasteiger partial charge on any atom is -0.378 e. The molecule has 21 heavy (non-hydrogen) atoms. The van der Waals surface area contributed by atoms with Crippen LogP contribution >= 0.6 is 0 Å². The first-order valence-corrected chi connectivity index (χ1v) is 6.74. The van der Waals surface area contributed by atoms with Crippen molar-refractivity contribution in [1.29, 1.82) is 0 Å². The second-order valence-electron chi connectivity index (χ2n) is 4.78. The zero-order valence-electron chi connectivity index (χ0n) is 12.2. The molecule has 0 N–H and O–H groups in total. The van der Waals surface area contributed by atoms with Gasteiger partial charge in [0.25, 0.3) is 0 Å². The van der Waals surface area contributed by atoms with Gasteiger partial charge in [0.15, 0.2) is 0 Å². The van der Waals surface area contributed by atoms with Crippen LogP contribution < -0.4 is 4.90 Å². The number of carbonyl (C=O) groups excluding carboxylic acids is 1. The monoisotopic (exact) mass is 278 g/mol. The standard InChI is InChI=1S/C18H18N2O/c1-20(2)16-12-10-15(11-13-16)7-3-4-9-18(21)17-8-5-6-14-19-17/h3-14H,1-2H3/b7-3+,9-4+. The van der Waals surface area contributed by atoms with E-state index in [9.17, 15) is 4.79 Å². The van der Waals surface area contributed by atoms with Gasteiger partial charge in [-0.1, -0.05) is 36.4 Å². The van der Waals surface area contributed by atoms with Gasteiger partial charge in [-0.25, -0.2) is 0 Å². The Bertz CT molecular complexity index is 641. The summed E-state index contributed by atoms with van der Waals surface area (Å²) in [6, 6.07) is 13.5. The van der Waals surface area contributed by atoms with Crippen molar-refractivity contribution in [1.82, 2.24) is 4.98 Å². The molecule has 0 spiro atoms. The van der Waals surface area contributed by atoms with Crippen LogP contribution in [0.25, 0.3) is 6.08 Å². The smallest absolute Gasteiger partial charge is 0.204 e. The van der Waals surface area contributed by atoms with Crippen molar-refractivity contribution >= 4 is 17.5 Å². The second kappa shape index (κ2) is 7.20. The van der Waals surface area contributed by atoms with Gasteiger partial charge in [0, 0.05) is 26.0 Å². The molecule has 2 rings (SSSR count). The summed E-state index contributed by atoms with van der Waals surface area (Å²) in [4.78, 5) is 17.9. The Balaban J connectivity index is 1.96. The maximum Gasteiger partial charge on any atom is 0.204 e. The van der Waals surface area contributed by atoms with Crippen molar-refractivity contribution < 1.29 is 4.79 Å². The van der Waals surface area contributed by atoms with Crippen molar-refractivity contribution in [3.63, 3.8) is 0 Å². The highest BCUT2D eigenvalue weighted by molar-refractivity contribution is 6.03. The number of anilines is 1. The lowest BCUT2D eigenvalue weighted by atomic mass is 10.2. The van der Waals surface area contributed by atoms with Gasteiger partial charge in [0.2, 0.25) is 5.78 Å². The van der Waals surface area contributed by atoms with Gasteiger partial charge in [0.1, 0.15) is 5.69 Å². The van der Waals surface area contributed by atoms with Gasteiger partial charge < -0.3 is 4.90 Å². The Morgan fingerprint density at radius 1 is 1.05 bits per heavy atom. The molecule has 0 radical (unpaired) electrons. The molecule has 3 nitrogen and oxygen atoms in total. The lowest BCUT2D eigenvalue weighted by Gasteiger charge is -2.11. The summed E-state index contributed by atoms with van der Waals surface area (Å²) in [5.41, 5.74) is 2.71. The van der Waals surface area contributed by atoms with Crippen LogP contribution in [-0.4, -0.2) is 24.9 Å². The number of ketones is 1. The average molecular weight is 278 g/mol. The van der Waals surface area contributed by atoms with Gasteiger partial charge in [0.05, 0.1) is 0 Å². The summed E-state index contributed by atoms with van der Waals surface area (Å²) in [7, 11) is 4.02. The molecule has 0 fully saturated rings. The first-order chi connectivity index (χ1) is 10.2. The number of nitrogens with zero attached hydrogens (tertiary/aromatic N) is 2. The predicted octanol–water partition coefficient (Wildman–Crippen LogP) is 3.60. The molecule has 3 heteroatoms. The molecule has 2 aromatic rings. The Kier molecular flexibility index (Phi) is 5.04. The SMILES string of the molecule is CN(C)c1ccc(/C=C/C=C/C(=O)c2ccccn2)cc1. The van der Waals surface area contributed by atoms with Crippen LogP contribution in [0.15, 0.2) is 66.9 Å². The highest BCUT2D eigenvalue weighted by Crippen LogP contribution is 2.13. The van der Waals surface area contributed by atoms with Crippen LogP contribution in [0.3, 0.4) is 0 Å². The normalized spacial score (nSPS) is 11.1. The molecule has 0 aliphatic carbocycles. The van der Waals surface area contributed by atoms with E-state index in [0.717, 1.165) is 11.3 Å². The maximum absolute atomic E-state index is 11.8. The Labute approximate surface area is 125 Å². The summed E-state index contributed by atoms with van der Waals surface area (Å²) in [5, 5.41) is 0. The Morgan fingerprint density at radius 2 is 1.81 bits per heavy atom. The Morgan fingerprint density at radius 3 is 2.43 bits per heavy atom. The molecule has 0 aliphatic heterocycles. The van der Waals surface area contributed by atoms with Gasteiger partial charge in [-0.3, -0.25) is 9.78 Å². The third-order valence-electron chi connectivity index (χ3n) is 2.97. The van der Waals surface area contributed by atoms with E-state index >= 15 is 0 Å². The van der Waals surface area contributed by atoms with E-state index in [0.29, 0.717) is 5.69 Å². The van der Waals surface area contributed by atoms with E-state index in [2.05, 4.69) is 22.0 Å². The number of pyridine rings is 1. The van der Waals surface area contributed by atoms with Gasteiger partial charge >= 0.3 is 0 Å². The van der Waals surface area contributed by atoms with Gasteiger partial charge in [-0.2, -0.15) is 0 Å². The highest BCUT2D eigenvalue weighted by Gasteiger charge is 1.99. The number of carbonyl (C=O) groups is 1. The van der Waals surface area contributed by atoms with Crippen molar-refractivity contribution in [3.05, 3.63) is 78.1 Å². The molecule has 106 valence electrons.